The topological polar surface area (TPSA) is 66.8 Å². The number of rotatable bonds is 5. The predicted octanol–water partition coefficient (Wildman–Crippen LogP) is 0.752. The average Bonchev–Trinajstić information content (AvgIpc) is 2.38. The van der Waals surface area contributed by atoms with Gasteiger partial charge in [0.25, 0.3) is 0 Å². The van der Waals surface area contributed by atoms with E-state index in [1.807, 2.05) is 7.05 Å². The Morgan fingerprint density at radius 3 is 2.75 bits per heavy atom. The largest absolute Gasteiger partial charge is 0.481 e. The molecule has 5 nitrogen and oxygen atoms in total. The summed E-state index contributed by atoms with van der Waals surface area (Å²) in [5.74, 6) is -0.389. The first-order chi connectivity index (χ1) is 9.54. The van der Waals surface area contributed by atoms with Gasteiger partial charge in [-0.3, -0.25) is 9.00 Å². The van der Waals surface area contributed by atoms with Crippen LogP contribution in [0.5, 0.6) is 0 Å². The second kappa shape index (κ2) is 6.97. The van der Waals surface area contributed by atoms with Gasteiger partial charge in [0.05, 0.1) is 35.7 Å². The number of carbonyl (C=O) groups is 1. The van der Waals surface area contributed by atoms with E-state index in [0.717, 1.165) is 18.0 Å². The maximum Gasteiger partial charge on any atom is 0.307 e. The summed E-state index contributed by atoms with van der Waals surface area (Å²) in [6.07, 6.45) is -0.0167. The molecule has 1 saturated heterocycles. The Hall–Kier alpha value is -1.24. The number of hydrogen-bond donors (Lipinski definition) is 1. The zero-order valence-corrected chi connectivity index (χ0v) is 12.3. The van der Waals surface area contributed by atoms with E-state index < -0.39 is 16.8 Å². The normalized spacial score (nSPS) is 21.6. The van der Waals surface area contributed by atoms with Crippen molar-refractivity contribution in [2.45, 2.75) is 17.4 Å². The van der Waals surface area contributed by atoms with E-state index in [2.05, 4.69) is 4.90 Å². The molecule has 0 saturated carbocycles. The molecule has 0 bridgehead atoms. The Morgan fingerprint density at radius 2 is 2.15 bits per heavy atom. The van der Waals surface area contributed by atoms with Crippen molar-refractivity contribution in [1.82, 2.24) is 4.90 Å². The lowest BCUT2D eigenvalue weighted by atomic mass is 10.2. The average molecular weight is 297 g/mol. The predicted molar refractivity (Wildman–Crippen MR) is 76.3 cm³/mol. The minimum atomic E-state index is -1.12. The monoisotopic (exact) mass is 297 g/mol. The van der Waals surface area contributed by atoms with Gasteiger partial charge in [0.2, 0.25) is 0 Å². The van der Waals surface area contributed by atoms with Crippen LogP contribution in [0, 0.1) is 0 Å². The highest BCUT2D eigenvalue weighted by molar-refractivity contribution is 7.85. The van der Waals surface area contributed by atoms with Gasteiger partial charge >= 0.3 is 5.97 Å². The molecule has 6 heteroatoms. The van der Waals surface area contributed by atoms with Crippen molar-refractivity contribution in [3.8, 4) is 0 Å². The zero-order chi connectivity index (χ0) is 14.5. The Bertz CT molecular complexity index is 488. The van der Waals surface area contributed by atoms with Crippen LogP contribution < -0.4 is 0 Å². The number of morpholine rings is 1. The molecule has 110 valence electrons. The van der Waals surface area contributed by atoms with Gasteiger partial charge in [-0.1, -0.05) is 12.1 Å². The lowest BCUT2D eigenvalue weighted by Gasteiger charge is -2.29. The molecule has 1 heterocycles. The van der Waals surface area contributed by atoms with Crippen LogP contribution in [-0.4, -0.2) is 58.8 Å². The van der Waals surface area contributed by atoms with Gasteiger partial charge in [-0.05, 0) is 24.7 Å². The van der Waals surface area contributed by atoms with E-state index in [0.29, 0.717) is 17.9 Å². The number of benzene rings is 1. The number of carboxylic acids is 1. The fourth-order valence-electron chi connectivity index (χ4n) is 2.17. The molecule has 20 heavy (non-hydrogen) atoms. The smallest absolute Gasteiger partial charge is 0.307 e. The number of hydrogen-bond acceptors (Lipinski definition) is 4. The maximum atomic E-state index is 12.2. The SMILES string of the molecule is CN1CCOC(CS(=O)c2ccc(CC(=O)O)cc2)C1. The molecule has 2 atom stereocenters. The molecule has 0 aliphatic carbocycles. The lowest BCUT2D eigenvalue weighted by molar-refractivity contribution is -0.136. The second-order valence-electron chi connectivity index (χ2n) is 4.98. The third-order valence-electron chi connectivity index (χ3n) is 3.22. The van der Waals surface area contributed by atoms with E-state index >= 15 is 0 Å². The van der Waals surface area contributed by atoms with Gasteiger partial charge in [-0.2, -0.15) is 0 Å². The highest BCUT2D eigenvalue weighted by Crippen LogP contribution is 2.13. The Labute approximate surface area is 121 Å². The summed E-state index contributed by atoms with van der Waals surface area (Å²) in [5.41, 5.74) is 0.715. The molecule has 0 radical (unpaired) electrons. The van der Waals surface area contributed by atoms with Crippen LogP contribution in [0.1, 0.15) is 5.56 Å². The number of carboxylic acid groups (broad SMARTS) is 1. The van der Waals surface area contributed by atoms with Gasteiger partial charge < -0.3 is 14.7 Å². The van der Waals surface area contributed by atoms with Gasteiger partial charge in [-0.15, -0.1) is 0 Å². The van der Waals surface area contributed by atoms with Crippen molar-refractivity contribution in [1.29, 1.82) is 0 Å². The molecule has 0 aromatic heterocycles. The molecule has 1 fully saturated rings. The standard InChI is InChI=1S/C14H19NO4S/c1-15-6-7-19-12(9-15)10-20(18)13-4-2-11(3-5-13)8-14(16)17/h2-5,12H,6-10H2,1H3,(H,16,17). The first-order valence-electron chi connectivity index (χ1n) is 6.54. The summed E-state index contributed by atoms with van der Waals surface area (Å²) in [5, 5.41) is 8.71. The summed E-state index contributed by atoms with van der Waals surface area (Å²) in [6.45, 7) is 2.38. The lowest BCUT2D eigenvalue weighted by Crippen LogP contribution is -2.42. The number of aliphatic carboxylic acids is 1. The van der Waals surface area contributed by atoms with Crippen LogP contribution in [0.2, 0.25) is 0 Å². The molecule has 1 aliphatic heterocycles. The van der Waals surface area contributed by atoms with Crippen molar-refractivity contribution < 1.29 is 18.8 Å². The van der Waals surface area contributed by atoms with Crippen molar-refractivity contribution in [3.63, 3.8) is 0 Å². The van der Waals surface area contributed by atoms with E-state index in [1.54, 1.807) is 24.3 Å². The minimum Gasteiger partial charge on any atom is -0.481 e. The Morgan fingerprint density at radius 1 is 1.45 bits per heavy atom. The summed E-state index contributed by atoms with van der Waals surface area (Å²) in [4.78, 5) is 13.5. The van der Waals surface area contributed by atoms with Crippen molar-refractivity contribution in [3.05, 3.63) is 29.8 Å². The van der Waals surface area contributed by atoms with Crippen molar-refractivity contribution in [2.75, 3.05) is 32.5 Å². The second-order valence-corrected chi connectivity index (χ2v) is 6.48. The van der Waals surface area contributed by atoms with E-state index in [-0.39, 0.29) is 12.5 Å². The van der Waals surface area contributed by atoms with E-state index in [4.69, 9.17) is 9.84 Å². The molecular weight excluding hydrogens is 278 g/mol. The summed E-state index contributed by atoms with van der Waals surface area (Å²) in [6, 6.07) is 6.91. The van der Waals surface area contributed by atoms with Crippen LogP contribution in [0.15, 0.2) is 29.2 Å². The van der Waals surface area contributed by atoms with Gasteiger partial charge in [0, 0.05) is 18.0 Å². The van der Waals surface area contributed by atoms with Crippen LogP contribution >= 0.6 is 0 Å². The molecule has 1 aliphatic rings. The molecule has 2 unspecified atom stereocenters. The number of ether oxygens (including phenoxy) is 1. The maximum absolute atomic E-state index is 12.2. The van der Waals surface area contributed by atoms with Crippen LogP contribution in [-0.2, 0) is 26.8 Å². The summed E-state index contributed by atoms with van der Waals surface area (Å²) in [7, 11) is 0.911. The highest BCUT2D eigenvalue weighted by Gasteiger charge is 2.20. The highest BCUT2D eigenvalue weighted by atomic mass is 32.2. The molecular formula is C14H19NO4S. The third kappa shape index (κ3) is 4.40. The van der Waals surface area contributed by atoms with Crippen LogP contribution in [0.4, 0.5) is 0 Å². The van der Waals surface area contributed by atoms with Crippen molar-refractivity contribution in [2.24, 2.45) is 0 Å². The zero-order valence-electron chi connectivity index (χ0n) is 11.4. The van der Waals surface area contributed by atoms with Gasteiger partial charge in [0.15, 0.2) is 0 Å². The molecule has 0 amide bonds. The van der Waals surface area contributed by atoms with Gasteiger partial charge in [-0.25, -0.2) is 0 Å². The fraction of sp³-hybridized carbons (Fsp3) is 0.500. The first kappa shape index (κ1) is 15.2. The quantitative estimate of drug-likeness (QED) is 0.869. The molecule has 1 aromatic rings. The van der Waals surface area contributed by atoms with Crippen LogP contribution in [0.25, 0.3) is 0 Å². The third-order valence-corrected chi connectivity index (χ3v) is 4.69. The fourth-order valence-corrected chi connectivity index (χ4v) is 3.34. The number of likely N-dealkylation sites (N-methyl/N-ethyl adjacent to an activating group) is 1. The Kier molecular flexibility index (Phi) is 5.28. The molecule has 1 N–H and O–H groups in total. The van der Waals surface area contributed by atoms with Crippen LogP contribution in [0.3, 0.4) is 0 Å². The van der Waals surface area contributed by atoms with E-state index in [9.17, 15) is 9.00 Å². The van der Waals surface area contributed by atoms with Gasteiger partial charge in [0.1, 0.15) is 0 Å². The van der Waals surface area contributed by atoms with Crippen molar-refractivity contribution >= 4 is 16.8 Å². The van der Waals surface area contributed by atoms with E-state index in [1.165, 1.54) is 0 Å². The molecule has 1 aromatic carbocycles. The summed E-state index contributed by atoms with van der Waals surface area (Å²) >= 11 is 0. The Balaban J connectivity index is 1.93. The number of nitrogens with zero attached hydrogens (tertiary/aromatic N) is 1. The molecule has 0 spiro atoms. The first-order valence-corrected chi connectivity index (χ1v) is 7.86. The summed E-state index contributed by atoms with van der Waals surface area (Å²) < 4.78 is 17.9. The molecule has 2 rings (SSSR count). The minimum absolute atomic E-state index is 0.00622.